The van der Waals surface area contributed by atoms with Crippen LogP contribution in [0.25, 0.3) is 0 Å². The average Bonchev–Trinajstić information content (AvgIpc) is 2.30. The van der Waals surface area contributed by atoms with Crippen LogP contribution in [0, 0.1) is 11.3 Å². The molecule has 1 nitrogen and oxygen atoms in total. The average molecular weight is 307 g/mol. The number of allylic oxidation sites excluding steroid dienone is 5. The highest BCUT2D eigenvalue weighted by atomic mass is 28.4. The maximum absolute atomic E-state index is 6.05. The Bertz CT molecular complexity index is 433. The lowest BCUT2D eigenvalue weighted by Crippen LogP contribution is -2.39. The van der Waals surface area contributed by atoms with Gasteiger partial charge in [0.15, 0.2) is 0 Å². The van der Waals surface area contributed by atoms with Crippen LogP contribution < -0.4 is 0 Å². The third-order valence-corrected chi connectivity index (χ3v) is 9.59. The second-order valence-corrected chi connectivity index (χ2v) is 13.3. The van der Waals surface area contributed by atoms with Gasteiger partial charge in [-0.05, 0) is 49.4 Å². The molecule has 0 saturated heterocycles. The van der Waals surface area contributed by atoms with Gasteiger partial charge in [0.05, 0.1) is 6.26 Å². The number of hydrogen-bond donors (Lipinski definition) is 0. The Hall–Kier alpha value is -0.763. The quantitative estimate of drug-likeness (QED) is 0.250. The van der Waals surface area contributed by atoms with E-state index in [9.17, 15) is 0 Å². The van der Waals surface area contributed by atoms with Crippen LogP contribution in [-0.4, -0.2) is 8.32 Å². The zero-order chi connectivity index (χ0) is 16.3. The predicted octanol–water partition coefficient (Wildman–Crippen LogP) is 6.46. The Labute approximate surface area is 133 Å². The summed E-state index contributed by atoms with van der Waals surface area (Å²) in [5, 5.41) is 0.256. The molecule has 0 radical (unpaired) electrons. The molecule has 2 heteroatoms. The topological polar surface area (TPSA) is 9.23 Å². The fourth-order valence-electron chi connectivity index (χ4n) is 2.59. The van der Waals surface area contributed by atoms with Gasteiger partial charge in [-0.1, -0.05) is 58.4 Å². The van der Waals surface area contributed by atoms with Crippen molar-refractivity contribution in [1.82, 2.24) is 0 Å². The van der Waals surface area contributed by atoms with Crippen molar-refractivity contribution in [3.8, 4) is 0 Å². The summed E-state index contributed by atoms with van der Waals surface area (Å²) in [5.74, 6) is 0.545. The molecule has 0 heterocycles. The summed E-state index contributed by atoms with van der Waals surface area (Å²) >= 11 is 0. The Morgan fingerprint density at radius 3 is 2.38 bits per heavy atom. The SMILES string of the molecule is CC1=CCCC(C)(C)C1/C=C/C=C/O[Si](C)(C)C(C)(C)C. The molecule has 0 spiro atoms. The molecule has 1 aliphatic carbocycles. The predicted molar refractivity (Wildman–Crippen MR) is 96.8 cm³/mol. The Balaban J connectivity index is 2.64. The summed E-state index contributed by atoms with van der Waals surface area (Å²) in [6, 6.07) is 0. The highest BCUT2D eigenvalue weighted by Gasteiger charge is 2.37. The molecular formula is C19H34OSi. The van der Waals surface area contributed by atoms with Gasteiger partial charge in [0.25, 0.3) is 0 Å². The first kappa shape index (κ1) is 18.3. The molecule has 0 fully saturated rings. The molecule has 0 N–H and O–H groups in total. The molecule has 0 aromatic heterocycles. The molecule has 1 atom stereocenters. The first-order valence-electron chi connectivity index (χ1n) is 8.15. The molecular weight excluding hydrogens is 272 g/mol. The summed E-state index contributed by atoms with van der Waals surface area (Å²) in [4.78, 5) is 0. The zero-order valence-electron chi connectivity index (χ0n) is 15.3. The van der Waals surface area contributed by atoms with Crippen LogP contribution in [0.4, 0.5) is 0 Å². The van der Waals surface area contributed by atoms with Crippen LogP contribution in [0.3, 0.4) is 0 Å². The number of hydrogen-bond acceptors (Lipinski definition) is 1. The van der Waals surface area contributed by atoms with E-state index in [1.165, 1.54) is 18.4 Å². The van der Waals surface area contributed by atoms with E-state index in [0.717, 1.165) is 0 Å². The first-order valence-corrected chi connectivity index (χ1v) is 11.1. The maximum Gasteiger partial charge on any atom is 0.249 e. The molecule has 0 amide bonds. The van der Waals surface area contributed by atoms with Crippen LogP contribution >= 0.6 is 0 Å². The molecule has 120 valence electrons. The molecule has 0 aromatic carbocycles. The van der Waals surface area contributed by atoms with Gasteiger partial charge < -0.3 is 4.43 Å². The maximum atomic E-state index is 6.05. The lowest BCUT2D eigenvalue weighted by Gasteiger charge is -2.36. The normalized spacial score (nSPS) is 23.6. The molecule has 1 aliphatic rings. The Morgan fingerprint density at radius 1 is 1.24 bits per heavy atom. The molecule has 0 bridgehead atoms. The van der Waals surface area contributed by atoms with Crippen molar-refractivity contribution >= 4 is 8.32 Å². The molecule has 21 heavy (non-hydrogen) atoms. The van der Waals surface area contributed by atoms with E-state index in [2.05, 4.69) is 78.9 Å². The van der Waals surface area contributed by atoms with Crippen molar-refractivity contribution in [2.24, 2.45) is 11.3 Å². The summed E-state index contributed by atoms with van der Waals surface area (Å²) in [6.07, 6.45) is 13.3. The Kier molecular flexibility index (Phi) is 5.71. The van der Waals surface area contributed by atoms with Crippen molar-refractivity contribution in [2.75, 3.05) is 0 Å². The second-order valence-electron chi connectivity index (χ2n) is 8.54. The van der Waals surface area contributed by atoms with Gasteiger partial charge in [0.1, 0.15) is 0 Å². The minimum Gasteiger partial charge on any atom is -0.549 e. The fourth-order valence-corrected chi connectivity index (χ4v) is 3.36. The summed E-state index contributed by atoms with van der Waals surface area (Å²) in [5.41, 5.74) is 1.87. The van der Waals surface area contributed by atoms with Gasteiger partial charge in [-0.2, -0.15) is 0 Å². The third-order valence-electron chi connectivity index (χ3n) is 5.25. The lowest BCUT2D eigenvalue weighted by atomic mass is 9.68. The van der Waals surface area contributed by atoms with E-state index in [4.69, 9.17) is 4.43 Å². The van der Waals surface area contributed by atoms with E-state index in [-0.39, 0.29) is 5.04 Å². The smallest absolute Gasteiger partial charge is 0.249 e. The molecule has 1 rings (SSSR count). The van der Waals surface area contributed by atoms with E-state index in [0.29, 0.717) is 11.3 Å². The van der Waals surface area contributed by atoms with Gasteiger partial charge in [0.2, 0.25) is 8.32 Å². The number of rotatable bonds is 4. The van der Waals surface area contributed by atoms with Gasteiger partial charge in [-0.3, -0.25) is 0 Å². The minimum atomic E-state index is -1.67. The first-order chi connectivity index (χ1) is 9.47. The highest BCUT2D eigenvalue weighted by Crippen LogP contribution is 2.41. The van der Waals surface area contributed by atoms with E-state index < -0.39 is 8.32 Å². The lowest BCUT2D eigenvalue weighted by molar-refractivity contribution is 0.255. The summed E-state index contributed by atoms with van der Waals surface area (Å²) in [6.45, 7) is 18.3. The van der Waals surface area contributed by atoms with Gasteiger partial charge in [-0.15, -0.1) is 0 Å². The summed E-state index contributed by atoms with van der Waals surface area (Å²) in [7, 11) is -1.67. The highest BCUT2D eigenvalue weighted by molar-refractivity contribution is 6.74. The van der Waals surface area contributed by atoms with Gasteiger partial charge in [0, 0.05) is 5.92 Å². The van der Waals surface area contributed by atoms with E-state index in [1.54, 1.807) is 0 Å². The van der Waals surface area contributed by atoms with Crippen molar-refractivity contribution in [3.05, 3.63) is 36.1 Å². The molecule has 0 aromatic rings. The van der Waals surface area contributed by atoms with Crippen LogP contribution in [0.5, 0.6) is 0 Å². The van der Waals surface area contributed by atoms with Crippen molar-refractivity contribution in [3.63, 3.8) is 0 Å². The summed E-state index contributed by atoms with van der Waals surface area (Å²) < 4.78 is 6.05. The van der Waals surface area contributed by atoms with Crippen molar-refractivity contribution in [2.45, 2.75) is 72.5 Å². The van der Waals surface area contributed by atoms with Crippen molar-refractivity contribution < 1.29 is 4.43 Å². The largest absolute Gasteiger partial charge is 0.549 e. The van der Waals surface area contributed by atoms with Crippen LogP contribution in [0.1, 0.15) is 54.4 Å². The van der Waals surface area contributed by atoms with Gasteiger partial charge >= 0.3 is 0 Å². The molecule has 0 aliphatic heterocycles. The standard InChI is InChI=1S/C19H34OSi/c1-16-12-11-14-19(5,6)17(16)13-9-10-15-20-21(7,8)18(2,3)4/h9-10,12-13,15,17H,11,14H2,1-8H3/b13-9+,15-10+. The van der Waals surface area contributed by atoms with Crippen molar-refractivity contribution in [1.29, 1.82) is 0 Å². The third kappa shape index (κ3) is 4.88. The van der Waals surface area contributed by atoms with Gasteiger partial charge in [-0.25, -0.2) is 0 Å². The monoisotopic (exact) mass is 306 g/mol. The van der Waals surface area contributed by atoms with Crippen LogP contribution in [0.2, 0.25) is 18.1 Å². The molecule has 0 saturated carbocycles. The van der Waals surface area contributed by atoms with E-state index in [1.807, 2.05) is 6.26 Å². The van der Waals surface area contributed by atoms with Crippen LogP contribution in [0.15, 0.2) is 36.1 Å². The second kappa shape index (κ2) is 6.56. The molecule has 1 unspecified atom stereocenters. The Morgan fingerprint density at radius 2 is 1.86 bits per heavy atom. The fraction of sp³-hybridized carbons (Fsp3) is 0.684. The van der Waals surface area contributed by atoms with Crippen LogP contribution in [-0.2, 0) is 4.43 Å². The minimum absolute atomic E-state index is 0.256. The zero-order valence-corrected chi connectivity index (χ0v) is 16.3. The van der Waals surface area contributed by atoms with E-state index >= 15 is 0 Å².